The molecule has 0 radical (unpaired) electrons. The molecule has 2 rings (SSSR count). The molecule has 0 bridgehead atoms. The first-order chi connectivity index (χ1) is 8.99. The van der Waals surface area contributed by atoms with E-state index in [9.17, 15) is 8.42 Å². The Labute approximate surface area is 121 Å². The fourth-order valence-corrected chi connectivity index (χ4v) is 2.89. The van der Waals surface area contributed by atoms with Crippen molar-refractivity contribution in [1.29, 1.82) is 0 Å². The van der Waals surface area contributed by atoms with Gasteiger partial charge in [-0.25, -0.2) is 18.1 Å². The van der Waals surface area contributed by atoms with Gasteiger partial charge in [0.15, 0.2) is 0 Å². The van der Waals surface area contributed by atoms with Crippen LogP contribution in [0.4, 0.5) is 0 Å². The molecule has 0 fully saturated rings. The number of nitrogens with one attached hydrogen (secondary N) is 2. The zero-order valence-electron chi connectivity index (χ0n) is 9.73. The Morgan fingerprint density at radius 1 is 1.26 bits per heavy atom. The van der Waals surface area contributed by atoms with Crippen molar-refractivity contribution in [1.82, 2.24) is 14.7 Å². The lowest BCUT2D eigenvalue weighted by Gasteiger charge is -2.06. The van der Waals surface area contributed by atoms with Crippen LogP contribution >= 0.6 is 23.2 Å². The lowest BCUT2D eigenvalue weighted by Crippen LogP contribution is -2.26. The fourth-order valence-electron chi connectivity index (χ4n) is 1.47. The molecule has 0 amide bonds. The predicted octanol–water partition coefficient (Wildman–Crippen LogP) is 2.24. The van der Waals surface area contributed by atoms with E-state index in [0.717, 1.165) is 5.82 Å². The van der Waals surface area contributed by atoms with Gasteiger partial charge in [0.05, 0.1) is 14.9 Å². The van der Waals surface area contributed by atoms with E-state index in [1.165, 1.54) is 18.2 Å². The van der Waals surface area contributed by atoms with Crippen molar-refractivity contribution >= 4 is 33.2 Å². The summed E-state index contributed by atoms with van der Waals surface area (Å²) in [5.74, 6) is 0.719. The van der Waals surface area contributed by atoms with Crippen molar-refractivity contribution in [2.45, 2.75) is 11.3 Å². The molecule has 2 aromatic rings. The van der Waals surface area contributed by atoms with Gasteiger partial charge in [-0.3, -0.25) is 0 Å². The second-order valence-corrected chi connectivity index (χ2v) is 6.34. The Hall–Kier alpha value is -1.08. The number of aromatic nitrogens is 2. The fraction of sp³-hybridized carbons (Fsp3) is 0.182. The monoisotopic (exact) mass is 319 g/mol. The van der Waals surface area contributed by atoms with Crippen LogP contribution in [0.2, 0.25) is 10.0 Å². The average molecular weight is 320 g/mol. The molecule has 1 heterocycles. The number of sulfonamides is 1. The highest BCUT2D eigenvalue weighted by molar-refractivity contribution is 7.89. The third-order valence-corrected chi connectivity index (χ3v) is 4.61. The Morgan fingerprint density at radius 2 is 2.05 bits per heavy atom. The zero-order chi connectivity index (χ0) is 13.9. The highest BCUT2D eigenvalue weighted by Crippen LogP contribution is 2.24. The maximum atomic E-state index is 12.0. The largest absolute Gasteiger partial charge is 0.349 e. The number of hydrogen-bond acceptors (Lipinski definition) is 3. The number of imidazole rings is 1. The van der Waals surface area contributed by atoms with Crippen LogP contribution < -0.4 is 4.72 Å². The molecule has 0 aliphatic rings. The summed E-state index contributed by atoms with van der Waals surface area (Å²) in [5, 5.41) is 0.520. The summed E-state index contributed by atoms with van der Waals surface area (Å²) < 4.78 is 26.4. The van der Waals surface area contributed by atoms with Crippen molar-refractivity contribution in [3.63, 3.8) is 0 Å². The Morgan fingerprint density at radius 3 is 2.68 bits per heavy atom. The topological polar surface area (TPSA) is 74.8 Å². The van der Waals surface area contributed by atoms with Crippen LogP contribution in [-0.4, -0.2) is 24.9 Å². The lowest BCUT2D eigenvalue weighted by molar-refractivity contribution is 0.581. The van der Waals surface area contributed by atoms with Crippen molar-refractivity contribution in [3.05, 3.63) is 46.5 Å². The van der Waals surface area contributed by atoms with Gasteiger partial charge in [-0.2, -0.15) is 0 Å². The first-order valence-electron chi connectivity index (χ1n) is 5.42. The van der Waals surface area contributed by atoms with Gasteiger partial charge in [0.1, 0.15) is 5.82 Å². The predicted molar refractivity (Wildman–Crippen MR) is 73.9 cm³/mol. The number of halogens is 2. The number of benzene rings is 1. The van der Waals surface area contributed by atoms with Crippen LogP contribution in [0.15, 0.2) is 35.5 Å². The second-order valence-electron chi connectivity index (χ2n) is 3.76. The van der Waals surface area contributed by atoms with E-state index in [1.807, 2.05) is 0 Å². The molecule has 5 nitrogen and oxygen atoms in total. The molecule has 1 aromatic heterocycles. The quantitative estimate of drug-likeness (QED) is 0.887. The normalized spacial score (nSPS) is 11.7. The summed E-state index contributed by atoms with van der Waals surface area (Å²) in [5.41, 5.74) is 0. The molecule has 8 heteroatoms. The van der Waals surface area contributed by atoms with Crippen LogP contribution in [0, 0.1) is 0 Å². The summed E-state index contributed by atoms with van der Waals surface area (Å²) in [6.45, 7) is 0.246. The number of aromatic amines is 1. The number of hydrogen-bond donors (Lipinski definition) is 2. The number of H-pyrrole nitrogens is 1. The zero-order valence-corrected chi connectivity index (χ0v) is 12.1. The van der Waals surface area contributed by atoms with Gasteiger partial charge in [0.25, 0.3) is 0 Å². The van der Waals surface area contributed by atoms with Crippen LogP contribution in [-0.2, 0) is 16.4 Å². The Balaban J connectivity index is 2.03. The number of rotatable bonds is 5. The average Bonchev–Trinajstić information content (AvgIpc) is 2.85. The minimum atomic E-state index is -3.59. The van der Waals surface area contributed by atoms with Crippen LogP contribution in [0.25, 0.3) is 0 Å². The molecule has 0 saturated carbocycles. The van der Waals surface area contributed by atoms with Crippen molar-refractivity contribution in [3.8, 4) is 0 Å². The molecule has 1 aromatic carbocycles. The molecule has 0 atom stereocenters. The van der Waals surface area contributed by atoms with E-state index in [4.69, 9.17) is 23.2 Å². The van der Waals surface area contributed by atoms with Crippen LogP contribution in [0.3, 0.4) is 0 Å². The van der Waals surface area contributed by atoms with E-state index in [2.05, 4.69) is 14.7 Å². The highest BCUT2D eigenvalue weighted by atomic mass is 35.5. The van der Waals surface area contributed by atoms with E-state index >= 15 is 0 Å². The van der Waals surface area contributed by atoms with Gasteiger partial charge in [-0.05, 0) is 18.2 Å². The van der Waals surface area contributed by atoms with E-state index < -0.39 is 10.0 Å². The van der Waals surface area contributed by atoms with Gasteiger partial charge in [-0.1, -0.05) is 23.2 Å². The molecular formula is C11H11Cl2N3O2S. The SMILES string of the molecule is O=S(=O)(NCCc1ncc[nH]1)c1ccc(Cl)c(Cl)c1. The van der Waals surface area contributed by atoms with Crippen molar-refractivity contribution < 1.29 is 8.42 Å². The summed E-state index contributed by atoms with van der Waals surface area (Å²) >= 11 is 11.5. The van der Waals surface area contributed by atoms with Gasteiger partial charge < -0.3 is 4.98 Å². The molecule has 0 aliphatic heterocycles. The van der Waals surface area contributed by atoms with Gasteiger partial charge in [0.2, 0.25) is 10.0 Å². The highest BCUT2D eigenvalue weighted by Gasteiger charge is 2.14. The molecular weight excluding hydrogens is 309 g/mol. The van der Waals surface area contributed by atoms with E-state index in [1.54, 1.807) is 12.4 Å². The Kier molecular flexibility index (Phi) is 4.46. The maximum Gasteiger partial charge on any atom is 0.240 e. The van der Waals surface area contributed by atoms with Gasteiger partial charge in [-0.15, -0.1) is 0 Å². The first-order valence-corrected chi connectivity index (χ1v) is 7.66. The van der Waals surface area contributed by atoms with Crippen molar-refractivity contribution in [2.24, 2.45) is 0 Å². The molecule has 0 saturated heterocycles. The summed E-state index contributed by atoms with van der Waals surface area (Å²) in [7, 11) is -3.59. The standard InChI is InChI=1S/C11H11Cl2N3O2S/c12-9-2-1-8(7-10(9)13)19(17,18)16-4-3-11-14-5-6-15-11/h1-2,5-7,16H,3-4H2,(H,14,15). The summed E-state index contributed by atoms with van der Waals surface area (Å²) in [4.78, 5) is 6.99. The second kappa shape index (κ2) is 5.92. The summed E-state index contributed by atoms with van der Waals surface area (Å²) in [6, 6.07) is 4.17. The van der Waals surface area contributed by atoms with Crippen molar-refractivity contribution in [2.75, 3.05) is 6.54 Å². The van der Waals surface area contributed by atoms with Gasteiger partial charge >= 0.3 is 0 Å². The minimum absolute atomic E-state index is 0.0846. The molecule has 0 spiro atoms. The number of nitrogens with zero attached hydrogens (tertiary/aromatic N) is 1. The minimum Gasteiger partial charge on any atom is -0.349 e. The first kappa shape index (κ1) is 14.3. The lowest BCUT2D eigenvalue weighted by atomic mass is 10.4. The maximum absolute atomic E-state index is 12.0. The third-order valence-electron chi connectivity index (χ3n) is 2.41. The smallest absolute Gasteiger partial charge is 0.240 e. The van der Waals surface area contributed by atoms with Crippen LogP contribution in [0.5, 0.6) is 0 Å². The van der Waals surface area contributed by atoms with Crippen LogP contribution in [0.1, 0.15) is 5.82 Å². The molecule has 2 N–H and O–H groups in total. The Bertz CT molecular complexity index is 657. The summed E-state index contributed by atoms with van der Waals surface area (Å²) in [6.07, 6.45) is 3.78. The molecule has 0 unspecified atom stereocenters. The van der Waals surface area contributed by atoms with E-state index in [-0.39, 0.29) is 16.5 Å². The van der Waals surface area contributed by atoms with Gasteiger partial charge in [0, 0.05) is 25.4 Å². The van der Waals surface area contributed by atoms with E-state index in [0.29, 0.717) is 11.4 Å². The molecule has 19 heavy (non-hydrogen) atoms. The third kappa shape index (κ3) is 3.70. The molecule has 0 aliphatic carbocycles. The molecule has 102 valence electrons.